The van der Waals surface area contributed by atoms with Gasteiger partial charge in [-0.15, -0.1) is 0 Å². The third-order valence-electron chi connectivity index (χ3n) is 3.03. The van der Waals surface area contributed by atoms with Crippen LogP contribution in [0.1, 0.15) is 36.7 Å². The largest absolute Gasteiger partial charge is 0.396 e. The Morgan fingerprint density at radius 3 is 2.82 bits per heavy atom. The van der Waals surface area contributed by atoms with Crippen LogP contribution in [0.25, 0.3) is 0 Å². The number of hydrogen-bond acceptors (Lipinski definition) is 3. The van der Waals surface area contributed by atoms with Crippen LogP contribution >= 0.6 is 0 Å². The molecule has 4 nitrogen and oxygen atoms in total. The number of carbonyl (C=O) groups excluding carboxylic acids is 1. The summed E-state index contributed by atoms with van der Waals surface area (Å²) >= 11 is 0. The average molecular weight is 236 g/mol. The Bertz CT molecular complexity index is 379. The fourth-order valence-electron chi connectivity index (χ4n) is 1.52. The fourth-order valence-corrected chi connectivity index (χ4v) is 1.52. The molecule has 0 radical (unpaired) electrons. The Morgan fingerprint density at radius 1 is 1.53 bits per heavy atom. The van der Waals surface area contributed by atoms with E-state index in [9.17, 15) is 4.79 Å². The minimum absolute atomic E-state index is 0.0471. The van der Waals surface area contributed by atoms with Crippen molar-refractivity contribution < 1.29 is 9.90 Å². The molecule has 0 bridgehead atoms. The van der Waals surface area contributed by atoms with Gasteiger partial charge in [-0.3, -0.25) is 9.78 Å². The smallest absolute Gasteiger partial charge is 0.251 e. The van der Waals surface area contributed by atoms with E-state index in [-0.39, 0.29) is 24.5 Å². The molecule has 17 heavy (non-hydrogen) atoms. The molecular formula is C13H20N2O2. The number of aromatic nitrogens is 1. The van der Waals surface area contributed by atoms with Gasteiger partial charge in [0.15, 0.2) is 0 Å². The highest BCUT2D eigenvalue weighted by Gasteiger charge is 2.16. The number of pyridine rings is 1. The molecule has 1 aromatic rings. The summed E-state index contributed by atoms with van der Waals surface area (Å²) in [5, 5.41) is 11.9. The van der Waals surface area contributed by atoms with Crippen LogP contribution in [0, 0.1) is 5.92 Å². The Kier molecular flexibility index (Phi) is 5.10. The summed E-state index contributed by atoms with van der Waals surface area (Å²) in [5.74, 6) is -0.0529. The lowest BCUT2D eigenvalue weighted by Crippen LogP contribution is -2.38. The first-order valence-electron chi connectivity index (χ1n) is 5.94. The monoisotopic (exact) mass is 236 g/mol. The highest BCUT2D eigenvalue weighted by atomic mass is 16.3. The number of nitrogens with zero attached hydrogens (tertiary/aromatic N) is 1. The summed E-state index contributed by atoms with van der Waals surface area (Å²) in [6.07, 6.45) is 4.11. The second-order valence-corrected chi connectivity index (χ2v) is 4.31. The number of hydrogen-bond donors (Lipinski definition) is 2. The molecule has 1 heterocycles. The highest BCUT2D eigenvalue weighted by Crippen LogP contribution is 2.09. The molecular weight excluding hydrogens is 216 g/mol. The van der Waals surface area contributed by atoms with Crippen molar-refractivity contribution in [2.45, 2.75) is 33.2 Å². The van der Waals surface area contributed by atoms with Crippen molar-refractivity contribution in [1.29, 1.82) is 0 Å². The minimum atomic E-state index is -0.1000. The summed E-state index contributed by atoms with van der Waals surface area (Å²) in [5.41, 5.74) is 1.60. The minimum Gasteiger partial charge on any atom is -0.396 e. The summed E-state index contributed by atoms with van der Waals surface area (Å²) in [6.45, 7) is 5.86. The Hall–Kier alpha value is -1.42. The molecule has 2 atom stereocenters. The normalized spacial score (nSPS) is 14.1. The van der Waals surface area contributed by atoms with Gasteiger partial charge < -0.3 is 10.4 Å². The molecule has 0 saturated heterocycles. The van der Waals surface area contributed by atoms with Gasteiger partial charge in [0.1, 0.15) is 0 Å². The molecule has 1 amide bonds. The molecule has 0 fully saturated rings. The van der Waals surface area contributed by atoms with E-state index in [1.54, 1.807) is 18.5 Å². The molecule has 0 aromatic carbocycles. The van der Waals surface area contributed by atoms with E-state index in [1.807, 2.05) is 20.8 Å². The van der Waals surface area contributed by atoms with Crippen LogP contribution in [-0.4, -0.2) is 28.6 Å². The molecule has 2 N–H and O–H groups in total. The maximum absolute atomic E-state index is 12.0. The lowest BCUT2D eigenvalue weighted by atomic mass is 10.0. The lowest BCUT2D eigenvalue weighted by Gasteiger charge is -2.19. The Balaban J connectivity index is 2.76. The third kappa shape index (κ3) is 3.53. The highest BCUT2D eigenvalue weighted by molar-refractivity contribution is 5.95. The van der Waals surface area contributed by atoms with E-state index in [1.165, 1.54) is 0 Å². The Morgan fingerprint density at radius 2 is 2.24 bits per heavy atom. The summed E-state index contributed by atoms with van der Waals surface area (Å²) < 4.78 is 0. The van der Waals surface area contributed by atoms with Crippen LogP contribution in [0.2, 0.25) is 0 Å². The fraction of sp³-hybridized carbons (Fsp3) is 0.538. The van der Waals surface area contributed by atoms with Gasteiger partial charge in [-0.25, -0.2) is 0 Å². The van der Waals surface area contributed by atoms with E-state index in [2.05, 4.69) is 10.3 Å². The van der Waals surface area contributed by atoms with Crippen molar-refractivity contribution in [2.75, 3.05) is 6.61 Å². The van der Waals surface area contributed by atoms with Crippen LogP contribution in [0.5, 0.6) is 0 Å². The first kappa shape index (κ1) is 13.6. The summed E-state index contributed by atoms with van der Waals surface area (Å²) in [7, 11) is 0. The first-order chi connectivity index (χ1) is 8.10. The van der Waals surface area contributed by atoms with Crippen molar-refractivity contribution in [3.8, 4) is 0 Å². The molecule has 2 unspecified atom stereocenters. The molecule has 4 heteroatoms. The van der Waals surface area contributed by atoms with Gasteiger partial charge in [0.2, 0.25) is 0 Å². The maximum atomic E-state index is 12.0. The average Bonchev–Trinajstić information content (AvgIpc) is 2.37. The summed E-state index contributed by atoms with van der Waals surface area (Å²) in [4.78, 5) is 16.0. The number of carbonyl (C=O) groups is 1. The maximum Gasteiger partial charge on any atom is 0.251 e. The molecule has 0 saturated carbocycles. The number of rotatable bonds is 5. The molecule has 0 aliphatic heterocycles. The zero-order chi connectivity index (χ0) is 12.8. The van der Waals surface area contributed by atoms with E-state index in [0.29, 0.717) is 5.56 Å². The predicted molar refractivity (Wildman–Crippen MR) is 66.8 cm³/mol. The van der Waals surface area contributed by atoms with Crippen molar-refractivity contribution >= 4 is 5.91 Å². The van der Waals surface area contributed by atoms with Gasteiger partial charge in [0.05, 0.1) is 0 Å². The number of aliphatic hydroxyl groups is 1. The van der Waals surface area contributed by atoms with Gasteiger partial charge in [0, 0.05) is 30.6 Å². The summed E-state index contributed by atoms with van der Waals surface area (Å²) in [6, 6.07) is 1.68. The molecule has 0 aliphatic carbocycles. The van der Waals surface area contributed by atoms with Crippen molar-refractivity contribution in [3.05, 3.63) is 29.6 Å². The topological polar surface area (TPSA) is 62.2 Å². The zero-order valence-electron chi connectivity index (χ0n) is 10.6. The number of amides is 1. The second-order valence-electron chi connectivity index (χ2n) is 4.31. The van der Waals surface area contributed by atoms with Crippen LogP contribution in [-0.2, 0) is 6.42 Å². The molecule has 0 spiro atoms. The zero-order valence-corrected chi connectivity index (χ0v) is 10.6. The van der Waals surface area contributed by atoms with Crippen LogP contribution in [0.3, 0.4) is 0 Å². The van der Waals surface area contributed by atoms with Crippen molar-refractivity contribution in [3.63, 3.8) is 0 Å². The van der Waals surface area contributed by atoms with E-state index in [0.717, 1.165) is 12.0 Å². The number of aliphatic hydroxyl groups excluding tert-OH is 1. The van der Waals surface area contributed by atoms with Crippen molar-refractivity contribution in [1.82, 2.24) is 10.3 Å². The van der Waals surface area contributed by atoms with E-state index >= 15 is 0 Å². The van der Waals surface area contributed by atoms with Gasteiger partial charge in [-0.05, 0) is 30.9 Å². The van der Waals surface area contributed by atoms with Gasteiger partial charge >= 0.3 is 0 Å². The SMILES string of the molecule is CCc1cnccc1C(=O)NC(C)C(C)CO. The standard InChI is InChI=1S/C13H20N2O2/c1-4-11-7-14-6-5-12(11)13(17)15-10(3)9(2)8-16/h5-7,9-10,16H,4,8H2,1-3H3,(H,15,17). The third-order valence-corrected chi connectivity index (χ3v) is 3.03. The molecule has 94 valence electrons. The van der Waals surface area contributed by atoms with Crippen LogP contribution < -0.4 is 5.32 Å². The second kappa shape index (κ2) is 6.35. The van der Waals surface area contributed by atoms with E-state index < -0.39 is 0 Å². The van der Waals surface area contributed by atoms with Gasteiger partial charge in [0.25, 0.3) is 5.91 Å². The lowest BCUT2D eigenvalue weighted by molar-refractivity contribution is 0.0915. The predicted octanol–water partition coefficient (Wildman–Crippen LogP) is 1.39. The first-order valence-corrected chi connectivity index (χ1v) is 5.94. The molecule has 1 rings (SSSR count). The number of nitrogens with one attached hydrogen (secondary N) is 1. The Labute approximate surface area is 102 Å². The van der Waals surface area contributed by atoms with Gasteiger partial charge in [-0.1, -0.05) is 13.8 Å². The van der Waals surface area contributed by atoms with Crippen molar-refractivity contribution in [2.24, 2.45) is 5.92 Å². The van der Waals surface area contributed by atoms with Gasteiger partial charge in [-0.2, -0.15) is 0 Å². The number of aryl methyl sites for hydroxylation is 1. The molecule has 1 aromatic heterocycles. The van der Waals surface area contributed by atoms with Crippen LogP contribution in [0.15, 0.2) is 18.5 Å². The quantitative estimate of drug-likeness (QED) is 0.812. The molecule has 0 aliphatic rings. The van der Waals surface area contributed by atoms with Crippen LogP contribution in [0.4, 0.5) is 0 Å². The van der Waals surface area contributed by atoms with E-state index in [4.69, 9.17) is 5.11 Å².